The van der Waals surface area contributed by atoms with Crippen molar-refractivity contribution in [2.24, 2.45) is 0 Å². The molecule has 1 aromatic carbocycles. The summed E-state index contributed by atoms with van der Waals surface area (Å²) in [7, 11) is 0. The van der Waals surface area contributed by atoms with Crippen LogP contribution in [0.2, 0.25) is 0 Å². The molecule has 1 nitrogen and oxygen atoms in total. The van der Waals surface area contributed by atoms with Gasteiger partial charge in [-0.25, -0.2) is 0 Å². The molecule has 1 N–H and O–H groups in total. The van der Waals surface area contributed by atoms with E-state index in [4.69, 9.17) is 6.42 Å². The van der Waals surface area contributed by atoms with Crippen LogP contribution in [-0.2, 0) is 10.8 Å². The molecule has 0 fully saturated rings. The Balaban J connectivity index is 3.61. The summed E-state index contributed by atoms with van der Waals surface area (Å²) in [6.07, 6.45) is 5.49. The lowest BCUT2D eigenvalue weighted by Gasteiger charge is -2.27. The first-order valence-electron chi connectivity index (χ1n) is 5.92. The Labute approximate surface area is 105 Å². The quantitative estimate of drug-likeness (QED) is 0.669. The fourth-order valence-corrected chi connectivity index (χ4v) is 1.86. The summed E-state index contributed by atoms with van der Waals surface area (Å²) < 4.78 is 0. The molecule has 92 valence electrons. The molecule has 0 atom stereocenters. The molecule has 0 spiro atoms. The molecule has 0 aliphatic rings. The van der Waals surface area contributed by atoms with Crippen LogP contribution in [0.5, 0.6) is 5.75 Å². The van der Waals surface area contributed by atoms with E-state index >= 15 is 0 Å². The van der Waals surface area contributed by atoms with Gasteiger partial charge >= 0.3 is 0 Å². The number of benzene rings is 1. The molecule has 0 aromatic heterocycles. The molecule has 1 aromatic rings. The Morgan fingerprint density at radius 3 is 1.53 bits per heavy atom. The molecule has 0 radical (unpaired) electrons. The second kappa shape index (κ2) is 4.11. The minimum atomic E-state index is -0.114. The third kappa shape index (κ3) is 2.82. The van der Waals surface area contributed by atoms with E-state index in [9.17, 15) is 5.11 Å². The fourth-order valence-electron chi connectivity index (χ4n) is 1.86. The number of hydrogen-bond donors (Lipinski definition) is 1. The monoisotopic (exact) mass is 230 g/mol. The fraction of sp³-hybridized carbons (Fsp3) is 0.500. The van der Waals surface area contributed by atoms with E-state index in [2.05, 4.69) is 47.5 Å². The third-order valence-electron chi connectivity index (χ3n) is 2.89. The first kappa shape index (κ1) is 13.6. The van der Waals surface area contributed by atoms with Crippen LogP contribution in [0, 0.1) is 12.3 Å². The highest BCUT2D eigenvalue weighted by atomic mass is 16.3. The van der Waals surface area contributed by atoms with Crippen molar-refractivity contribution in [1.82, 2.24) is 0 Å². The number of terminal acetylenes is 1. The van der Waals surface area contributed by atoms with E-state index in [0.717, 1.165) is 16.7 Å². The molecular formula is C16H22O. The second-order valence-electron chi connectivity index (χ2n) is 6.56. The van der Waals surface area contributed by atoms with Gasteiger partial charge < -0.3 is 5.11 Å². The van der Waals surface area contributed by atoms with Gasteiger partial charge in [-0.1, -0.05) is 47.5 Å². The standard InChI is InChI=1S/C16H22O/c1-8-11-9-12(15(2,3)4)14(17)13(10-11)16(5,6)7/h1,9-10,17H,2-7H3. The van der Waals surface area contributed by atoms with Crippen molar-refractivity contribution >= 4 is 0 Å². The van der Waals surface area contributed by atoms with Gasteiger partial charge in [-0.05, 0) is 23.0 Å². The summed E-state index contributed by atoms with van der Waals surface area (Å²) in [5.41, 5.74) is 2.43. The summed E-state index contributed by atoms with van der Waals surface area (Å²) in [6.45, 7) is 12.5. The molecule has 1 heteroatoms. The topological polar surface area (TPSA) is 20.2 Å². The lowest BCUT2D eigenvalue weighted by atomic mass is 9.78. The lowest BCUT2D eigenvalue weighted by molar-refractivity contribution is 0.423. The van der Waals surface area contributed by atoms with Gasteiger partial charge in [0.05, 0.1) is 0 Å². The molecule has 0 aliphatic carbocycles. The first-order chi connectivity index (χ1) is 7.57. The average Bonchev–Trinajstić information content (AvgIpc) is 2.14. The molecule has 0 aliphatic heterocycles. The third-order valence-corrected chi connectivity index (χ3v) is 2.89. The van der Waals surface area contributed by atoms with E-state index in [1.165, 1.54) is 0 Å². The minimum Gasteiger partial charge on any atom is -0.507 e. The molecule has 0 saturated heterocycles. The van der Waals surface area contributed by atoms with Crippen molar-refractivity contribution in [2.75, 3.05) is 0 Å². The zero-order valence-corrected chi connectivity index (χ0v) is 11.7. The molecule has 0 saturated carbocycles. The molecule has 0 bridgehead atoms. The van der Waals surface area contributed by atoms with Gasteiger partial charge in [0.1, 0.15) is 5.75 Å². The van der Waals surface area contributed by atoms with Crippen molar-refractivity contribution in [3.63, 3.8) is 0 Å². The van der Waals surface area contributed by atoms with Crippen LogP contribution < -0.4 is 0 Å². The zero-order valence-electron chi connectivity index (χ0n) is 11.7. The summed E-state index contributed by atoms with van der Waals surface area (Å²) in [5.74, 6) is 3.05. The van der Waals surface area contributed by atoms with E-state index in [1.54, 1.807) is 0 Å². The van der Waals surface area contributed by atoms with Gasteiger partial charge in [-0.2, -0.15) is 0 Å². The van der Waals surface area contributed by atoms with Crippen molar-refractivity contribution in [2.45, 2.75) is 52.4 Å². The Kier molecular flexibility index (Phi) is 3.30. The highest BCUT2D eigenvalue weighted by Gasteiger charge is 2.26. The molecule has 1 rings (SSSR count). The normalized spacial score (nSPS) is 12.3. The van der Waals surface area contributed by atoms with Crippen LogP contribution in [0.1, 0.15) is 58.2 Å². The Morgan fingerprint density at radius 1 is 0.941 bits per heavy atom. The van der Waals surface area contributed by atoms with Gasteiger partial charge in [0, 0.05) is 16.7 Å². The summed E-state index contributed by atoms with van der Waals surface area (Å²) in [6, 6.07) is 3.81. The molecule has 0 amide bonds. The maximum atomic E-state index is 10.4. The van der Waals surface area contributed by atoms with E-state index in [1.807, 2.05) is 12.1 Å². The highest BCUT2D eigenvalue weighted by molar-refractivity contribution is 5.53. The van der Waals surface area contributed by atoms with Crippen LogP contribution >= 0.6 is 0 Å². The van der Waals surface area contributed by atoms with Crippen molar-refractivity contribution in [3.8, 4) is 18.1 Å². The maximum Gasteiger partial charge on any atom is 0.123 e. The van der Waals surface area contributed by atoms with E-state index in [0.29, 0.717) is 5.75 Å². The highest BCUT2D eigenvalue weighted by Crippen LogP contribution is 2.39. The van der Waals surface area contributed by atoms with Crippen LogP contribution in [-0.4, -0.2) is 5.11 Å². The van der Waals surface area contributed by atoms with Crippen LogP contribution in [0.4, 0.5) is 0 Å². The zero-order chi connectivity index (χ0) is 13.4. The maximum absolute atomic E-state index is 10.4. The van der Waals surface area contributed by atoms with Gasteiger partial charge in [0.2, 0.25) is 0 Å². The first-order valence-corrected chi connectivity index (χ1v) is 5.92. The van der Waals surface area contributed by atoms with Gasteiger partial charge in [-0.3, -0.25) is 0 Å². The van der Waals surface area contributed by atoms with E-state index < -0.39 is 0 Å². The molecular weight excluding hydrogens is 208 g/mol. The molecule has 0 heterocycles. The van der Waals surface area contributed by atoms with Crippen molar-refractivity contribution < 1.29 is 5.11 Å². The molecule has 17 heavy (non-hydrogen) atoms. The Morgan fingerprint density at radius 2 is 1.29 bits per heavy atom. The lowest BCUT2D eigenvalue weighted by Crippen LogP contribution is -2.17. The summed E-state index contributed by atoms with van der Waals surface area (Å²) in [5, 5.41) is 10.4. The number of phenols is 1. The van der Waals surface area contributed by atoms with Gasteiger partial charge in [-0.15, -0.1) is 6.42 Å². The minimum absolute atomic E-state index is 0.114. The SMILES string of the molecule is C#Cc1cc(C(C)(C)C)c(O)c(C(C)(C)C)c1. The number of phenolic OH excluding ortho intramolecular Hbond substituents is 1. The number of aromatic hydroxyl groups is 1. The predicted octanol–water partition coefficient (Wildman–Crippen LogP) is 3.97. The van der Waals surface area contributed by atoms with Crippen molar-refractivity contribution in [3.05, 3.63) is 28.8 Å². The average molecular weight is 230 g/mol. The number of hydrogen-bond acceptors (Lipinski definition) is 1. The van der Waals surface area contributed by atoms with Crippen LogP contribution in [0.15, 0.2) is 12.1 Å². The van der Waals surface area contributed by atoms with Crippen molar-refractivity contribution in [1.29, 1.82) is 0 Å². The number of rotatable bonds is 0. The van der Waals surface area contributed by atoms with E-state index in [-0.39, 0.29) is 10.8 Å². The predicted molar refractivity (Wildman–Crippen MR) is 73.4 cm³/mol. The largest absolute Gasteiger partial charge is 0.507 e. The summed E-state index contributed by atoms with van der Waals surface area (Å²) in [4.78, 5) is 0. The smallest absolute Gasteiger partial charge is 0.123 e. The van der Waals surface area contributed by atoms with Gasteiger partial charge in [0.15, 0.2) is 0 Å². The Bertz CT molecular complexity index is 427. The van der Waals surface area contributed by atoms with Crippen LogP contribution in [0.25, 0.3) is 0 Å². The van der Waals surface area contributed by atoms with Gasteiger partial charge in [0.25, 0.3) is 0 Å². The van der Waals surface area contributed by atoms with Crippen LogP contribution in [0.3, 0.4) is 0 Å². The molecule has 0 unspecified atom stereocenters. The Hall–Kier alpha value is -1.42. The second-order valence-corrected chi connectivity index (χ2v) is 6.56. The summed E-state index contributed by atoms with van der Waals surface area (Å²) >= 11 is 0.